The van der Waals surface area contributed by atoms with Crippen LogP contribution in [0.15, 0.2) is 24.8 Å². The predicted molar refractivity (Wildman–Crippen MR) is 97.3 cm³/mol. The number of hydrogen-bond donors (Lipinski definition) is 0. The van der Waals surface area contributed by atoms with Gasteiger partial charge in [-0.3, -0.25) is 9.48 Å². The van der Waals surface area contributed by atoms with E-state index in [9.17, 15) is 4.79 Å². The van der Waals surface area contributed by atoms with Crippen LogP contribution in [0, 0.1) is 5.92 Å². The maximum absolute atomic E-state index is 13.1. The average molecular weight is 343 g/mol. The number of aromatic nitrogens is 4. The van der Waals surface area contributed by atoms with Crippen LogP contribution in [-0.4, -0.2) is 42.7 Å². The number of likely N-dealkylation sites (tertiary alicyclic amines) is 1. The minimum atomic E-state index is 0.125. The highest BCUT2D eigenvalue weighted by Crippen LogP contribution is 2.23. The number of aryl methyl sites for hydroxylation is 2. The van der Waals surface area contributed by atoms with Crippen LogP contribution in [0.5, 0.6) is 0 Å². The molecule has 0 unspecified atom stereocenters. The summed E-state index contributed by atoms with van der Waals surface area (Å²) in [4.78, 5) is 19.3. The highest BCUT2D eigenvalue weighted by Gasteiger charge is 2.29. The number of amides is 1. The quantitative estimate of drug-likeness (QED) is 0.810. The smallest absolute Gasteiger partial charge is 0.272 e. The number of rotatable bonds is 6. The van der Waals surface area contributed by atoms with Crippen molar-refractivity contribution in [1.82, 2.24) is 24.2 Å². The number of carbonyl (C=O) groups excluding carboxylic acids is 1. The summed E-state index contributed by atoms with van der Waals surface area (Å²) in [6.45, 7) is 6.09. The molecule has 1 aliphatic rings. The number of carbonyl (C=O) groups is 1. The molecule has 6 nitrogen and oxygen atoms in total. The molecule has 0 saturated carbocycles. The zero-order valence-corrected chi connectivity index (χ0v) is 15.6. The molecule has 3 heterocycles. The second-order valence-corrected chi connectivity index (χ2v) is 7.48. The van der Waals surface area contributed by atoms with E-state index < -0.39 is 0 Å². The lowest BCUT2D eigenvalue weighted by Crippen LogP contribution is -2.44. The van der Waals surface area contributed by atoms with Crippen molar-refractivity contribution in [3.63, 3.8) is 0 Å². The summed E-state index contributed by atoms with van der Waals surface area (Å²) in [7, 11) is 1.88. The fourth-order valence-electron chi connectivity index (χ4n) is 3.68. The molecule has 0 N–H and O–H groups in total. The van der Waals surface area contributed by atoms with Crippen LogP contribution in [0.3, 0.4) is 0 Å². The fraction of sp³-hybridized carbons (Fsp3) is 0.632. The number of nitrogens with zero attached hydrogens (tertiary/aromatic N) is 5. The third-order valence-electron chi connectivity index (χ3n) is 4.93. The van der Waals surface area contributed by atoms with Crippen LogP contribution in [0.2, 0.25) is 0 Å². The van der Waals surface area contributed by atoms with Crippen molar-refractivity contribution in [1.29, 1.82) is 0 Å². The van der Waals surface area contributed by atoms with Crippen molar-refractivity contribution < 1.29 is 4.79 Å². The lowest BCUT2D eigenvalue weighted by molar-refractivity contribution is 0.0584. The molecule has 0 radical (unpaired) electrons. The van der Waals surface area contributed by atoms with E-state index in [1.54, 1.807) is 10.9 Å². The summed E-state index contributed by atoms with van der Waals surface area (Å²) in [6.07, 6.45) is 10.9. The maximum atomic E-state index is 13.1. The fourth-order valence-corrected chi connectivity index (χ4v) is 3.68. The average Bonchev–Trinajstić information content (AvgIpc) is 3.21. The van der Waals surface area contributed by atoms with Crippen molar-refractivity contribution in [3.05, 3.63) is 36.2 Å². The predicted octanol–water partition coefficient (Wildman–Crippen LogP) is 2.90. The minimum Gasteiger partial charge on any atom is -0.337 e. The van der Waals surface area contributed by atoms with Crippen LogP contribution < -0.4 is 0 Å². The van der Waals surface area contributed by atoms with Gasteiger partial charge >= 0.3 is 0 Å². The molecule has 2 aromatic rings. The van der Waals surface area contributed by atoms with E-state index in [1.165, 1.54) is 6.42 Å². The molecule has 1 saturated heterocycles. The lowest BCUT2D eigenvalue weighted by Gasteiger charge is -2.36. The van der Waals surface area contributed by atoms with Gasteiger partial charge in [-0.15, -0.1) is 0 Å². The van der Waals surface area contributed by atoms with Crippen molar-refractivity contribution in [2.24, 2.45) is 13.0 Å². The van der Waals surface area contributed by atoms with Gasteiger partial charge in [-0.05, 0) is 44.1 Å². The Morgan fingerprint density at radius 1 is 1.36 bits per heavy atom. The van der Waals surface area contributed by atoms with Crippen LogP contribution in [0.1, 0.15) is 55.7 Å². The van der Waals surface area contributed by atoms with Gasteiger partial charge in [0.25, 0.3) is 5.91 Å². The van der Waals surface area contributed by atoms with Crippen LogP contribution in [0.25, 0.3) is 0 Å². The SMILES string of the molecule is CC(C)Cc1cc(C(=O)N2CCCC[C@@H]2CCn2ccnc2)n(C)n1. The molecule has 0 aliphatic carbocycles. The Bertz CT molecular complexity index is 689. The number of imidazole rings is 1. The van der Waals surface area contributed by atoms with Gasteiger partial charge in [0.1, 0.15) is 5.69 Å². The molecular weight excluding hydrogens is 314 g/mol. The number of hydrogen-bond acceptors (Lipinski definition) is 3. The van der Waals surface area contributed by atoms with Crippen molar-refractivity contribution in [2.45, 2.75) is 58.5 Å². The molecule has 3 rings (SSSR count). The molecule has 2 aromatic heterocycles. The van der Waals surface area contributed by atoms with Gasteiger partial charge in [0.05, 0.1) is 12.0 Å². The number of piperidine rings is 1. The normalized spacial score (nSPS) is 18.1. The first-order valence-electron chi connectivity index (χ1n) is 9.34. The van der Waals surface area contributed by atoms with E-state index in [0.29, 0.717) is 17.7 Å². The van der Waals surface area contributed by atoms with Gasteiger partial charge in [-0.1, -0.05) is 13.8 Å². The first kappa shape index (κ1) is 17.7. The lowest BCUT2D eigenvalue weighted by atomic mass is 9.98. The third-order valence-corrected chi connectivity index (χ3v) is 4.93. The van der Waals surface area contributed by atoms with Crippen LogP contribution >= 0.6 is 0 Å². The zero-order chi connectivity index (χ0) is 17.8. The van der Waals surface area contributed by atoms with Gasteiger partial charge in [0.2, 0.25) is 0 Å². The monoisotopic (exact) mass is 343 g/mol. The van der Waals surface area contributed by atoms with E-state index in [-0.39, 0.29) is 5.91 Å². The summed E-state index contributed by atoms with van der Waals surface area (Å²) in [6, 6.07) is 2.27. The third kappa shape index (κ3) is 4.30. The second kappa shape index (κ2) is 7.85. The zero-order valence-electron chi connectivity index (χ0n) is 15.6. The minimum absolute atomic E-state index is 0.125. The van der Waals surface area contributed by atoms with Crippen LogP contribution in [0.4, 0.5) is 0 Å². The van der Waals surface area contributed by atoms with Gasteiger partial charge < -0.3 is 9.47 Å². The summed E-state index contributed by atoms with van der Waals surface area (Å²) < 4.78 is 3.84. The molecular formula is C19H29N5O. The standard InChI is InChI=1S/C19H29N5O/c1-15(2)12-16-13-18(22(3)21-16)19(25)24-9-5-4-6-17(24)7-10-23-11-8-20-14-23/h8,11,13-15,17H,4-7,9-10,12H2,1-3H3/t17-/m1/s1. The molecule has 136 valence electrons. The Balaban J connectivity index is 1.70. The summed E-state index contributed by atoms with van der Waals surface area (Å²) in [5, 5.41) is 4.54. The first-order valence-corrected chi connectivity index (χ1v) is 9.34. The Hall–Kier alpha value is -2.11. The molecule has 1 fully saturated rings. The first-order chi connectivity index (χ1) is 12.0. The largest absolute Gasteiger partial charge is 0.337 e. The van der Waals surface area contributed by atoms with Gasteiger partial charge in [0.15, 0.2) is 0 Å². The Labute approximate surface area is 149 Å². The molecule has 6 heteroatoms. The highest BCUT2D eigenvalue weighted by atomic mass is 16.2. The van der Waals surface area contributed by atoms with Gasteiger partial charge in [-0.25, -0.2) is 4.98 Å². The summed E-state index contributed by atoms with van der Waals surface area (Å²) >= 11 is 0. The molecule has 0 bridgehead atoms. The van der Waals surface area contributed by atoms with Gasteiger partial charge in [0, 0.05) is 38.6 Å². The van der Waals surface area contributed by atoms with Crippen LogP contribution in [-0.2, 0) is 20.0 Å². The molecule has 0 aromatic carbocycles. The van der Waals surface area contributed by atoms with E-state index in [2.05, 4.69) is 33.4 Å². The van der Waals surface area contributed by atoms with E-state index >= 15 is 0 Å². The Kier molecular flexibility index (Phi) is 5.56. The molecule has 0 spiro atoms. The molecule has 1 atom stereocenters. The topological polar surface area (TPSA) is 56.0 Å². The summed E-state index contributed by atoms with van der Waals surface area (Å²) in [5.74, 6) is 0.663. The molecule has 1 amide bonds. The van der Waals surface area contributed by atoms with Crippen molar-refractivity contribution in [2.75, 3.05) is 6.54 Å². The highest BCUT2D eigenvalue weighted by molar-refractivity contribution is 5.93. The van der Waals surface area contributed by atoms with Crippen molar-refractivity contribution >= 4 is 5.91 Å². The van der Waals surface area contributed by atoms with Gasteiger partial charge in [-0.2, -0.15) is 5.10 Å². The Morgan fingerprint density at radius 2 is 2.20 bits per heavy atom. The van der Waals surface area contributed by atoms with E-state index in [0.717, 1.165) is 44.5 Å². The van der Waals surface area contributed by atoms with E-state index in [4.69, 9.17) is 0 Å². The second-order valence-electron chi connectivity index (χ2n) is 7.48. The Morgan fingerprint density at radius 3 is 2.92 bits per heavy atom. The molecule has 1 aliphatic heterocycles. The van der Waals surface area contributed by atoms with Crippen molar-refractivity contribution in [3.8, 4) is 0 Å². The molecule has 25 heavy (non-hydrogen) atoms. The van der Waals surface area contributed by atoms with E-state index in [1.807, 2.05) is 25.6 Å². The maximum Gasteiger partial charge on any atom is 0.272 e. The summed E-state index contributed by atoms with van der Waals surface area (Å²) in [5.41, 5.74) is 1.72.